The molecule has 1 aromatic rings. The Morgan fingerprint density at radius 3 is 2.86 bits per heavy atom. The molecular weight excluding hydrogens is 206 g/mol. The lowest BCUT2D eigenvalue weighted by Gasteiger charge is -2.10. The number of hydrogen-bond donors (Lipinski definition) is 2. The molecule has 0 saturated carbocycles. The van der Waals surface area contributed by atoms with Crippen molar-refractivity contribution in [2.75, 3.05) is 0 Å². The first kappa shape index (κ1) is 10.6. The summed E-state index contributed by atoms with van der Waals surface area (Å²) in [5, 5.41) is 11.1. The van der Waals surface area contributed by atoms with Gasteiger partial charge in [-0.3, -0.25) is 4.79 Å². The number of amides is 1. The number of carbonyl (C=O) groups is 2. The summed E-state index contributed by atoms with van der Waals surface area (Å²) in [6.45, 7) is 1.27. The zero-order valence-electron chi connectivity index (χ0n) is 7.43. The molecule has 0 spiro atoms. The van der Waals surface area contributed by atoms with E-state index in [9.17, 15) is 9.59 Å². The van der Waals surface area contributed by atoms with Crippen LogP contribution in [0, 0.1) is 0 Å². The summed E-state index contributed by atoms with van der Waals surface area (Å²) in [5.41, 5.74) is 0.566. The summed E-state index contributed by atoms with van der Waals surface area (Å²) in [6.07, 6.45) is 1.65. The van der Waals surface area contributed by atoms with E-state index in [0.717, 1.165) is 11.7 Å². The highest BCUT2D eigenvalue weighted by molar-refractivity contribution is 6.99. The van der Waals surface area contributed by atoms with Gasteiger partial charge in [-0.2, -0.15) is 8.75 Å². The molecule has 0 radical (unpaired) electrons. The van der Waals surface area contributed by atoms with Gasteiger partial charge in [-0.1, -0.05) is 0 Å². The van der Waals surface area contributed by atoms with E-state index < -0.39 is 12.0 Å². The maximum Gasteiger partial charge on any atom is 0.326 e. The fourth-order valence-electron chi connectivity index (χ4n) is 0.929. The number of carboxylic acids is 1. The van der Waals surface area contributed by atoms with Gasteiger partial charge < -0.3 is 10.4 Å². The van der Waals surface area contributed by atoms with Gasteiger partial charge in [0.15, 0.2) is 0 Å². The highest BCUT2D eigenvalue weighted by Gasteiger charge is 2.19. The van der Waals surface area contributed by atoms with Crippen molar-refractivity contribution >= 4 is 23.6 Å². The molecule has 1 aromatic heterocycles. The lowest BCUT2D eigenvalue weighted by Crippen LogP contribution is -2.41. The first-order valence-electron chi connectivity index (χ1n) is 3.86. The molecule has 1 rings (SSSR count). The fraction of sp³-hybridized carbons (Fsp3) is 0.429. The first-order valence-corrected chi connectivity index (χ1v) is 4.59. The smallest absolute Gasteiger partial charge is 0.326 e. The molecule has 1 unspecified atom stereocenters. The van der Waals surface area contributed by atoms with Crippen molar-refractivity contribution in [3.05, 3.63) is 11.9 Å². The van der Waals surface area contributed by atoms with Crippen LogP contribution in [0.25, 0.3) is 0 Å². The van der Waals surface area contributed by atoms with Crippen LogP contribution < -0.4 is 5.32 Å². The Labute approximate surface area is 84.3 Å². The number of aliphatic carboxylic acids is 1. The zero-order valence-corrected chi connectivity index (χ0v) is 8.24. The Bertz CT molecular complexity index is 325. The molecule has 0 bridgehead atoms. The lowest BCUT2D eigenvalue weighted by molar-refractivity contribution is -0.141. The number of nitrogens with one attached hydrogen (secondary N) is 1. The Kier molecular flexibility index (Phi) is 3.52. The molecule has 2 N–H and O–H groups in total. The average Bonchev–Trinajstić information content (AvgIpc) is 2.54. The van der Waals surface area contributed by atoms with Crippen LogP contribution in [-0.2, 0) is 16.0 Å². The molecule has 1 atom stereocenters. The van der Waals surface area contributed by atoms with Gasteiger partial charge >= 0.3 is 5.97 Å². The molecule has 7 heteroatoms. The van der Waals surface area contributed by atoms with E-state index in [2.05, 4.69) is 14.1 Å². The topological polar surface area (TPSA) is 92.2 Å². The van der Waals surface area contributed by atoms with Gasteiger partial charge in [0.25, 0.3) is 0 Å². The van der Waals surface area contributed by atoms with E-state index in [-0.39, 0.29) is 12.3 Å². The van der Waals surface area contributed by atoms with Crippen molar-refractivity contribution in [3.8, 4) is 0 Å². The molecule has 0 fully saturated rings. The van der Waals surface area contributed by atoms with Crippen molar-refractivity contribution in [1.82, 2.24) is 14.1 Å². The predicted molar refractivity (Wildman–Crippen MR) is 48.9 cm³/mol. The number of aromatic nitrogens is 2. The van der Waals surface area contributed by atoms with E-state index >= 15 is 0 Å². The van der Waals surface area contributed by atoms with Gasteiger partial charge in [0, 0.05) is 13.3 Å². The number of nitrogens with zero attached hydrogens (tertiary/aromatic N) is 2. The second-order valence-electron chi connectivity index (χ2n) is 2.69. The predicted octanol–water partition coefficient (Wildman–Crippen LogP) is -0.330. The number of hydrogen-bond acceptors (Lipinski definition) is 5. The van der Waals surface area contributed by atoms with Crippen LogP contribution in [0.1, 0.15) is 12.6 Å². The summed E-state index contributed by atoms with van der Waals surface area (Å²) in [5.74, 6) is -1.45. The van der Waals surface area contributed by atoms with E-state index in [0.29, 0.717) is 5.69 Å². The third-order valence-electron chi connectivity index (χ3n) is 1.50. The number of carbonyl (C=O) groups excluding carboxylic acids is 1. The van der Waals surface area contributed by atoms with Crippen LogP contribution in [0.3, 0.4) is 0 Å². The Balaban J connectivity index is 2.60. The summed E-state index contributed by atoms with van der Waals surface area (Å²) in [6, 6.07) is -0.934. The van der Waals surface area contributed by atoms with Gasteiger partial charge in [-0.15, -0.1) is 0 Å². The van der Waals surface area contributed by atoms with Gasteiger partial charge in [-0.05, 0) is 0 Å². The third-order valence-corrected chi connectivity index (χ3v) is 2.01. The van der Waals surface area contributed by atoms with Crippen LogP contribution in [0.15, 0.2) is 6.20 Å². The van der Waals surface area contributed by atoms with Crippen LogP contribution in [0.2, 0.25) is 0 Å². The van der Waals surface area contributed by atoms with Crippen molar-refractivity contribution in [1.29, 1.82) is 0 Å². The van der Waals surface area contributed by atoms with E-state index in [1.165, 1.54) is 13.1 Å². The van der Waals surface area contributed by atoms with Crippen molar-refractivity contribution in [2.24, 2.45) is 0 Å². The monoisotopic (exact) mass is 215 g/mol. The van der Waals surface area contributed by atoms with Crippen LogP contribution in [0.4, 0.5) is 0 Å². The fourth-order valence-corrected chi connectivity index (χ4v) is 1.37. The van der Waals surface area contributed by atoms with E-state index in [1.807, 2.05) is 0 Å². The molecule has 1 heterocycles. The third kappa shape index (κ3) is 3.09. The minimum absolute atomic E-state index is 0.158. The maximum atomic E-state index is 10.7. The molecule has 0 aromatic carbocycles. The minimum Gasteiger partial charge on any atom is -0.480 e. The van der Waals surface area contributed by atoms with Gasteiger partial charge in [-0.25, -0.2) is 4.79 Å². The van der Waals surface area contributed by atoms with E-state index in [4.69, 9.17) is 5.11 Å². The molecule has 0 aliphatic rings. The Hall–Kier alpha value is -1.50. The Morgan fingerprint density at radius 1 is 1.71 bits per heavy atom. The Morgan fingerprint density at radius 2 is 2.43 bits per heavy atom. The lowest BCUT2D eigenvalue weighted by atomic mass is 10.1. The van der Waals surface area contributed by atoms with Crippen molar-refractivity contribution in [3.63, 3.8) is 0 Å². The van der Waals surface area contributed by atoms with Crippen LogP contribution in [-0.4, -0.2) is 31.8 Å². The standard InChI is InChI=1S/C7H9N3O3S/c1-4(11)9-6(7(12)13)2-5-3-8-14-10-5/h3,6H,2H2,1H3,(H,9,11)(H,12,13). The second-order valence-corrected chi connectivity index (χ2v) is 3.25. The summed E-state index contributed by atoms with van der Waals surface area (Å²) in [4.78, 5) is 21.4. The largest absolute Gasteiger partial charge is 0.480 e. The molecule has 0 aliphatic heterocycles. The van der Waals surface area contributed by atoms with Crippen LogP contribution >= 0.6 is 11.7 Å². The van der Waals surface area contributed by atoms with Gasteiger partial charge in [0.05, 0.1) is 23.6 Å². The van der Waals surface area contributed by atoms with Gasteiger partial charge in [0.1, 0.15) is 6.04 Å². The molecule has 0 aliphatic carbocycles. The number of carboxylic acid groups (broad SMARTS) is 1. The summed E-state index contributed by atoms with van der Waals surface area (Å²) >= 11 is 1.01. The normalized spacial score (nSPS) is 12.1. The maximum absolute atomic E-state index is 10.7. The quantitative estimate of drug-likeness (QED) is 0.717. The minimum atomic E-state index is -1.08. The summed E-state index contributed by atoms with van der Waals surface area (Å²) < 4.78 is 7.60. The number of rotatable bonds is 4. The van der Waals surface area contributed by atoms with Crippen molar-refractivity contribution in [2.45, 2.75) is 19.4 Å². The molecule has 6 nitrogen and oxygen atoms in total. The highest BCUT2D eigenvalue weighted by Crippen LogP contribution is 2.00. The molecule has 14 heavy (non-hydrogen) atoms. The van der Waals surface area contributed by atoms with E-state index in [1.54, 1.807) is 0 Å². The molecule has 1 amide bonds. The van der Waals surface area contributed by atoms with Crippen LogP contribution in [0.5, 0.6) is 0 Å². The molecule has 76 valence electrons. The first-order chi connectivity index (χ1) is 6.59. The molecule has 0 saturated heterocycles. The average molecular weight is 215 g/mol. The SMILES string of the molecule is CC(=O)NC(Cc1cnsn1)C(=O)O. The van der Waals surface area contributed by atoms with Crippen molar-refractivity contribution < 1.29 is 14.7 Å². The molecular formula is C7H9N3O3S. The highest BCUT2D eigenvalue weighted by atomic mass is 32.1. The van der Waals surface area contributed by atoms with Gasteiger partial charge in [0.2, 0.25) is 5.91 Å². The summed E-state index contributed by atoms with van der Waals surface area (Å²) in [7, 11) is 0. The zero-order chi connectivity index (χ0) is 10.6. The second kappa shape index (κ2) is 4.66.